The van der Waals surface area contributed by atoms with Crippen LogP contribution >= 0.6 is 0 Å². The molecule has 0 atom stereocenters. The molecule has 0 unspecified atom stereocenters. The zero-order valence-corrected chi connectivity index (χ0v) is 17.0. The van der Waals surface area contributed by atoms with Gasteiger partial charge in [-0.3, -0.25) is 4.79 Å². The number of H-pyrrole nitrogens is 1. The van der Waals surface area contributed by atoms with Crippen LogP contribution in [0.5, 0.6) is 0 Å². The van der Waals surface area contributed by atoms with Gasteiger partial charge in [0.15, 0.2) is 5.65 Å². The van der Waals surface area contributed by atoms with Crippen molar-refractivity contribution in [3.63, 3.8) is 0 Å². The highest BCUT2D eigenvalue weighted by Crippen LogP contribution is 2.30. The Hall–Kier alpha value is -3.49. The second kappa shape index (κ2) is 7.40. The predicted molar refractivity (Wildman–Crippen MR) is 114 cm³/mol. The van der Waals surface area contributed by atoms with E-state index in [9.17, 15) is 4.79 Å². The van der Waals surface area contributed by atoms with Gasteiger partial charge in [-0.25, -0.2) is 14.5 Å². The maximum Gasteiger partial charge on any atom is 0.225 e. The summed E-state index contributed by atoms with van der Waals surface area (Å²) >= 11 is 0. The predicted octanol–water partition coefficient (Wildman–Crippen LogP) is 2.73. The molecule has 4 heterocycles. The molecule has 4 aromatic rings. The van der Waals surface area contributed by atoms with Crippen LogP contribution in [0.2, 0.25) is 0 Å². The molecule has 30 heavy (non-hydrogen) atoms. The summed E-state index contributed by atoms with van der Waals surface area (Å²) < 4.78 is 1.75. The number of rotatable bonds is 4. The molecule has 1 amide bonds. The number of hydrogen-bond donors (Lipinski definition) is 2. The van der Waals surface area contributed by atoms with E-state index >= 15 is 0 Å². The fraction of sp³-hybridized carbons (Fsp3) is 0.381. The minimum atomic E-state index is 0.134. The van der Waals surface area contributed by atoms with E-state index in [0.29, 0.717) is 5.95 Å². The molecule has 1 fully saturated rings. The van der Waals surface area contributed by atoms with Crippen LogP contribution in [0.15, 0.2) is 37.1 Å². The van der Waals surface area contributed by atoms with E-state index in [1.807, 2.05) is 44.8 Å². The second-order valence-electron chi connectivity index (χ2n) is 8.06. The number of nitrogens with one attached hydrogen (secondary N) is 2. The van der Waals surface area contributed by atoms with E-state index in [2.05, 4.69) is 30.4 Å². The molecule has 2 N–H and O–H groups in total. The number of carbonyl (C=O) groups excluding carboxylic acids is 1. The highest BCUT2D eigenvalue weighted by atomic mass is 16.2. The lowest BCUT2D eigenvalue weighted by Crippen LogP contribution is -2.35. The molecule has 1 aliphatic carbocycles. The smallest absolute Gasteiger partial charge is 0.225 e. The Morgan fingerprint density at radius 2 is 2.03 bits per heavy atom. The third kappa shape index (κ3) is 3.36. The van der Waals surface area contributed by atoms with Crippen molar-refractivity contribution in [2.45, 2.75) is 31.7 Å². The Kier molecular flexibility index (Phi) is 4.57. The van der Waals surface area contributed by atoms with Gasteiger partial charge in [-0.15, -0.1) is 0 Å². The fourth-order valence-corrected chi connectivity index (χ4v) is 4.22. The number of pyridine rings is 1. The summed E-state index contributed by atoms with van der Waals surface area (Å²) in [4.78, 5) is 30.5. The molecule has 9 nitrogen and oxygen atoms in total. The molecular formula is C21H24N8O. The summed E-state index contributed by atoms with van der Waals surface area (Å²) in [5.41, 5.74) is 3.64. The molecule has 4 aromatic heterocycles. The average Bonchev–Trinajstić information content (AvgIpc) is 3.39. The first-order valence-electron chi connectivity index (χ1n) is 10.2. The van der Waals surface area contributed by atoms with Gasteiger partial charge in [0.1, 0.15) is 12.0 Å². The van der Waals surface area contributed by atoms with E-state index < -0.39 is 0 Å². The number of hydrogen-bond acceptors (Lipinski definition) is 6. The van der Waals surface area contributed by atoms with Crippen LogP contribution in [0.25, 0.3) is 27.8 Å². The molecule has 9 heteroatoms. The Morgan fingerprint density at radius 3 is 2.83 bits per heavy atom. The molecule has 0 bridgehead atoms. The lowest BCUT2D eigenvalue weighted by atomic mass is 9.85. The molecule has 1 aliphatic rings. The van der Waals surface area contributed by atoms with E-state index in [-0.39, 0.29) is 17.9 Å². The first-order valence-corrected chi connectivity index (χ1v) is 10.2. The van der Waals surface area contributed by atoms with Crippen molar-refractivity contribution in [3.8, 4) is 11.1 Å². The Balaban J connectivity index is 1.31. The van der Waals surface area contributed by atoms with Gasteiger partial charge in [0.2, 0.25) is 11.9 Å². The largest absolute Gasteiger partial charge is 0.351 e. The first kappa shape index (κ1) is 18.5. The van der Waals surface area contributed by atoms with Gasteiger partial charge in [0, 0.05) is 61.2 Å². The van der Waals surface area contributed by atoms with Crippen molar-refractivity contribution in [2.24, 2.45) is 5.92 Å². The number of aromatic nitrogens is 6. The van der Waals surface area contributed by atoms with E-state index in [0.717, 1.165) is 53.5 Å². The van der Waals surface area contributed by atoms with Gasteiger partial charge in [-0.1, -0.05) is 0 Å². The standard InChI is InChI=1S/C21H24N8O/c1-28(2)20(30)13-3-6-15(7-4-13)26-21-23-10-17-16(9-22-19(17)27-21)14-5-8-18-24-12-25-29(18)11-14/h5,8-13,15H,3-4,6-7H2,1-2H3,(H2,22,23,26,27)/t13-,15+. The molecule has 5 rings (SSSR count). The van der Waals surface area contributed by atoms with Crippen molar-refractivity contribution in [1.82, 2.24) is 34.4 Å². The quantitative estimate of drug-likeness (QED) is 0.542. The van der Waals surface area contributed by atoms with Crippen molar-refractivity contribution in [2.75, 3.05) is 19.4 Å². The number of aromatic amines is 1. The molecule has 0 saturated heterocycles. The summed E-state index contributed by atoms with van der Waals surface area (Å²) in [5, 5.41) is 8.61. The lowest BCUT2D eigenvalue weighted by Gasteiger charge is -2.29. The van der Waals surface area contributed by atoms with Crippen molar-refractivity contribution in [1.29, 1.82) is 0 Å². The maximum absolute atomic E-state index is 12.2. The van der Waals surface area contributed by atoms with Crippen LogP contribution < -0.4 is 5.32 Å². The molecule has 0 radical (unpaired) electrons. The van der Waals surface area contributed by atoms with Gasteiger partial charge >= 0.3 is 0 Å². The third-order valence-corrected chi connectivity index (χ3v) is 5.87. The minimum absolute atomic E-state index is 0.134. The number of amides is 1. The molecule has 154 valence electrons. The summed E-state index contributed by atoms with van der Waals surface area (Å²) in [6, 6.07) is 4.25. The van der Waals surface area contributed by atoms with E-state index in [1.165, 1.54) is 0 Å². The highest BCUT2D eigenvalue weighted by Gasteiger charge is 2.27. The third-order valence-electron chi connectivity index (χ3n) is 5.87. The fourth-order valence-electron chi connectivity index (χ4n) is 4.22. The van der Waals surface area contributed by atoms with Crippen molar-refractivity contribution >= 4 is 28.5 Å². The summed E-state index contributed by atoms with van der Waals surface area (Å²) in [5.74, 6) is 0.980. The molecule has 0 aliphatic heterocycles. The zero-order chi connectivity index (χ0) is 20.7. The van der Waals surface area contributed by atoms with Gasteiger partial charge < -0.3 is 15.2 Å². The van der Waals surface area contributed by atoms with Crippen LogP contribution in [0.3, 0.4) is 0 Å². The number of nitrogens with zero attached hydrogens (tertiary/aromatic N) is 6. The van der Waals surface area contributed by atoms with Gasteiger partial charge in [0.05, 0.1) is 0 Å². The molecule has 1 saturated carbocycles. The summed E-state index contributed by atoms with van der Waals surface area (Å²) in [7, 11) is 3.65. The van der Waals surface area contributed by atoms with Crippen LogP contribution in [0, 0.1) is 5.92 Å². The topological polar surface area (TPSA) is 104 Å². The minimum Gasteiger partial charge on any atom is -0.351 e. The summed E-state index contributed by atoms with van der Waals surface area (Å²) in [6.45, 7) is 0. The number of fused-ring (bicyclic) bond motifs is 2. The summed E-state index contributed by atoms with van der Waals surface area (Å²) in [6.07, 6.45) is 11.0. The van der Waals surface area contributed by atoms with Gasteiger partial charge in [-0.2, -0.15) is 10.1 Å². The zero-order valence-electron chi connectivity index (χ0n) is 17.0. The monoisotopic (exact) mass is 404 g/mol. The molecule has 0 aromatic carbocycles. The van der Waals surface area contributed by atoms with Gasteiger partial charge in [0.25, 0.3) is 0 Å². The Bertz CT molecular complexity index is 1200. The Morgan fingerprint density at radius 1 is 1.20 bits per heavy atom. The van der Waals surface area contributed by atoms with Crippen LogP contribution in [0.1, 0.15) is 25.7 Å². The van der Waals surface area contributed by atoms with Crippen molar-refractivity contribution < 1.29 is 4.79 Å². The molecule has 0 spiro atoms. The normalized spacial score (nSPS) is 19.3. The second-order valence-corrected chi connectivity index (χ2v) is 8.06. The van der Waals surface area contributed by atoms with E-state index in [1.54, 1.807) is 15.7 Å². The first-order chi connectivity index (χ1) is 14.6. The Labute approximate surface area is 173 Å². The molecular weight excluding hydrogens is 380 g/mol. The average molecular weight is 404 g/mol. The van der Waals surface area contributed by atoms with Crippen LogP contribution in [-0.2, 0) is 4.79 Å². The van der Waals surface area contributed by atoms with E-state index in [4.69, 9.17) is 0 Å². The van der Waals surface area contributed by atoms with Gasteiger partial charge in [-0.05, 0) is 37.8 Å². The highest BCUT2D eigenvalue weighted by molar-refractivity contribution is 5.93. The maximum atomic E-state index is 12.2. The SMILES string of the molecule is CN(C)C(=O)[C@H]1CC[C@@H](Nc2ncc3c(-c4ccc5ncnn5c4)c[nH]c3n2)CC1. The van der Waals surface area contributed by atoms with Crippen LogP contribution in [-0.4, -0.2) is 60.5 Å². The lowest BCUT2D eigenvalue weighted by molar-refractivity contribution is -0.133. The van der Waals surface area contributed by atoms with Crippen molar-refractivity contribution in [3.05, 3.63) is 37.1 Å². The number of anilines is 1. The van der Waals surface area contributed by atoms with Crippen LogP contribution in [0.4, 0.5) is 5.95 Å². The number of carbonyl (C=O) groups is 1.